The molecule has 0 saturated carbocycles. The molecule has 1 rings (SSSR count). The molecule has 0 spiro atoms. The Morgan fingerprint density at radius 1 is 1.67 bits per heavy atom. The van der Waals surface area contributed by atoms with Crippen molar-refractivity contribution in [2.45, 2.75) is 26.8 Å². The highest BCUT2D eigenvalue weighted by atomic mass is 79.9. The Bertz CT molecular complexity index is 461. The van der Waals surface area contributed by atoms with E-state index in [-0.39, 0.29) is 11.7 Å². The van der Waals surface area contributed by atoms with Crippen LogP contribution < -0.4 is 11.1 Å². The lowest BCUT2D eigenvalue weighted by atomic mass is 9.85. The lowest BCUT2D eigenvalue weighted by molar-refractivity contribution is -0.127. The van der Waals surface area contributed by atoms with E-state index in [2.05, 4.69) is 26.4 Å². The van der Waals surface area contributed by atoms with Crippen LogP contribution in [0.1, 0.15) is 25.1 Å². The number of nitrogens with one attached hydrogen (secondary N) is 1. The minimum Gasteiger partial charge on any atom is -0.409 e. The molecule has 0 aliphatic rings. The smallest absolute Gasteiger partial charge is 0.233 e. The van der Waals surface area contributed by atoms with Gasteiger partial charge in [0.2, 0.25) is 5.91 Å². The second-order valence-corrected chi connectivity index (χ2v) is 6.61. The molecular formula is C11H16BrN3O2S. The summed E-state index contributed by atoms with van der Waals surface area (Å²) < 4.78 is 1.02. The number of thiophene rings is 1. The van der Waals surface area contributed by atoms with Crippen molar-refractivity contribution in [2.75, 3.05) is 0 Å². The molecule has 0 aliphatic carbocycles. The summed E-state index contributed by atoms with van der Waals surface area (Å²) in [5.41, 5.74) is 4.59. The number of amides is 1. The number of carbonyl (C=O) groups is 1. The van der Waals surface area contributed by atoms with E-state index in [1.807, 2.05) is 19.1 Å². The number of hydrogen-bond acceptors (Lipinski definition) is 4. The van der Waals surface area contributed by atoms with Crippen LogP contribution in [0.25, 0.3) is 0 Å². The van der Waals surface area contributed by atoms with Gasteiger partial charge in [0.25, 0.3) is 0 Å². The first-order valence-electron chi connectivity index (χ1n) is 5.44. The molecule has 1 heterocycles. The fourth-order valence-corrected chi connectivity index (χ4v) is 2.80. The Morgan fingerprint density at radius 3 is 2.78 bits per heavy atom. The lowest BCUT2D eigenvalue weighted by Crippen LogP contribution is -2.47. The Hall–Kier alpha value is -1.08. The van der Waals surface area contributed by atoms with Gasteiger partial charge in [0.15, 0.2) is 5.84 Å². The van der Waals surface area contributed by atoms with E-state index in [1.54, 1.807) is 18.3 Å². The van der Waals surface area contributed by atoms with Gasteiger partial charge in [-0.3, -0.25) is 4.79 Å². The monoisotopic (exact) mass is 333 g/mol. The van der Waals surface area contributed by atoms with Gasteiger partial charge < -0.3 is 16.3 Å². The van der Waals surface area contributed by atoms with Gasteiger partial charge in [-0.15, -0.1) is 11.3 Å². The highest BCUT2D eigenvalue weighted by Crippen LogP contribution is 2.24. The minimum absolute atomic E-state index is 0.0742. The number of oxime groups is 1. The van der Waals surface area contributed by atoms with Crippen molar-refractivity contribution in [1.29, 1.82) is 0 Å². The van der Waals surface area contributed by atoms with E-state index < -0.39 is 5.41 Å². The van der Waals surface area contributed by atoms with E-state index in [0.29, 0.717) is 13.0 Å². The molecule has 0 radical (unpaired) electrons. The Morgan fingerprint density at radius 2 is 2.33 bits per heavy atom. The Balaban J connectivity index is 2.69. The molecule has 0 bridgehead atoms. The summed E-state index contributed by atoms with van der Waals surface area (Å²) in [6, 6.07) is 3.86. The predicted octanol–water partition coefficient (Wildman–Crippen LogP) is 2.29. The second kappa shape index (κ2) is 6.19. The van der Waals surface area contributed by atoms with Crippen molar-refractivity contribution in [3.05, 3.63) is 20.8 Å². The molecule has 18 heavy (non-hydrogen) atoms. The van der Waals surface area contributed by atoms with Gasteiger partial charge in [0.05, 0.1) is 10.3 Å². The molecule has 1 aromatic heterocycles. The average molecular weight is 334 g/mol. The molecule has 1 aromatic rings. The standard InChI is InChI=1S/C11H16BrN3O2S/c1-3-11(2,9(13)15-17)10(16)14-6-7-4-5-8(12)18-7/h4-5,17H,3,6H2,1-2H3,(H2,13,15)(H,14,16). The highest BCUT2D eigenvalue weighted by Gasteiger charge is 2.36. The zero-order valence-corrected chi connectivity index (χ0v) is 12.6. The van der Waals surface area contributed by atoms with Crippen molar-refractivity contribution >= 4 is 39.0 Å². The van der Waals surface area contributed by atoms with Crippen molar-refractivity contribution in [2.24, 2.45) is 16.3 Å². The van der Waals surface area contributed by atoms with Crippen LogP contribution >= 0.6 is 27.3 Å². The number of amidine groups is 1. The first kappa shape index (κ1) is 15.0. The number of rotatable bonds is 5. The summed E-state index contributed by atoms with van der Waals surface area (Å²) in [6.45, 7) is 3.91. The third-order valence-corrected chi connectivity index (χ3v) is 4.56. The largest absolute Gasteiger partial charge is 0.409 e. The van der Waals surface area contributed by atoms with Crippen molar-refractivity contribution in [1.82, 2.24) is 5.32 Å². The SMILES string of the molecule is CCC(C)(C(=O)NCc1ccc(Br)s1)/C(N)=N/O. The maximum Gasteiger partial charge on any atom is 0.233 e. The molecule has 1 amide bonds. The Kier molecular flexibility index (Phi) is 5.15. The molecule has 5 nitrogen and oxygen atoms in total. The first-order valence-corrected chi connectivity index (χ1v) is 7.05. The summed E-state index contributed by atoms with van der Waals surface area (Å²) >= 11 is 4.91. The predicted molar refractivity (Wildman–Crippen MR) is 75.7 cm³/mol. The third-order valence-electron chi connectivity index (χ3n) is 2.93. The maximum atomic E-state index is 12.1. The first-order chi connectivity index (χ1) is 8.43. The molecule has 0 aromatic carbocycles. The van der Waals surface area contributed by atoms with Gasteiger partial charge in [-0.2, -0.15) is 0 Å². The molecule has 1 atom stereocenters. The Labute approximate surface area is 118 Å². The molecule has 7 heteroatoms. The van der Waals surface area contributed by atoms with Crippen LogP contribution in [0.5, 0.6) is 0 Å². The van der Waals surface area contributed by atoms with Gasteiger partial charge >= 0.3 is 0 Å². The van der Waals surface area contributed by atoms with Crippen molar-refractivity contribution in [3.63, 3.8) is 0 Å². The molecule has 100 valence electrons. The number of carbonyl (C=O) groups excluding carboxylic acids is 1. The van der Waals surface area contributed by atoms with Gasteiger partial charge in [0.1, 0.15) is 5.41 Å². The fraction of sp³-hybridized carbons (Fsp3) is 0.455. The quantitative estimate of drug-likeness (QED) is 0.334. The average Bonchev–Trinajstić information content (AvgIpc) is 2.79. The molecular weight excluding hydrogens is 318 g/mol. The minimum atomic E-state index is -0.983. The van der Waals surface area contributed by atoms with Crippen molar-refractivity contribution in [3.8, 4) is 0 Å². The molecule has 0 aliphatic heterocycles. The van der Waals surface area contributed by atoms with E-state index in [4.69, 9.17) is 10.9 Å². The van der Waals surface area contributed by atoms with Crippen molar-refractivity contribution < 1.29 is 10.0 Å². The van der Waals surface area contributed by atoms with Gasteiger partial charge in [-0.05, 0) is 41.4 Å². The molecule has 4 N–H and O–H groups in total. The fourth-order valence-electron chi connectivity index (χ4n) is 1.38. The van der Waals surface area contributed by atoms with Crippen LogP contribution in [0.15, 0.2) is 21.1 Å². The summed E-state index contributed by atoms with van der Waals surface area (Å²) in [6.07, 6.45) is 0.461. The second-order valence-electron chi connectivity index (χ2n) is 4.06. The van der Waals surface area contributed by atoms with Gasteiger partial charge in [-0.1, -0.05) is 12.1 Å². The van der Waals surface area contributed by atoms with Gasteiger partial charge in [0, 0.05) is 4.88 Å². The van der Waals surface area contributed by atoms with Gasteiger partial charge in [-0.25, -0.2) is 0 Å². The molecule has 0 fully saturated rings. The van der Waals surface area contributed by atoms with E-state index in [9.17, 15) is 4.79 Å². The number of halogens is 1. The van der Waals surface area contributed by atoms with Crippen LogP contribution in [0.2, 0.25) is 0 Å². The zero-order chi connectivity index (χ0) is 13.8. The maximum absolute atomic E-state index is 12.1. The zero-order valence-electron chi connectivity index (χ0n) is 10.2. The highest BCUT2D eigenvalue weighted by molar-refractivity contribution is 9.11. The summed E-state index contributed by atoms with van der Waals surface area (Å²) in [5, 5.41) is 14.5. The lowest BCUT2D eigenvalue weighted by Gasteiger charge is -2.25. The number of nitrogens with two attached hydrogens (primary N) is 1. The number of hydrogen-bond donors (Lipinski definition) is 3. The molecule has 1 unspecified atom stereocenters. The van der Waals surface area contributed by atoms with Crippen LogP contribution in [0.4, 0.5) is 0 Å². The van der Waals surface area contributed by atoms with Crippen LogP contribution in [-0.4, -0.2) is 17.0 Å². The van der Waals surface area contributed by atoms with Crippen LogP contribution in [-0.2, 0) is 11.3 Å². The van der Waals surface area contributed by atoms with E-state index in [0.717, 1.165) is 8.66 Å². The molecule has 0 saturated heterocycles. The summed E-state index contributed by atoms with van der Waals surface area (Å²) in [5.74, 6) is -0.320. The summed E-state index contributed by atoms with van der Waals surface area (Å²) in [4.78, 5) is 13.1. The normalized spacial score (nSPS) is 15.2. The third kappa shape index (κ3) is 3.23. The number of nitrogens with zero attached hydrogens (tertiary/aromatic N) is 1. The van der Waals surface area contributed by atoms with E-state index >= 15 is 0 Å². The van der Waals surface area contributed by atoms with Crippen LogP contribution in [0.3, 0.4) is 0 Å². The van der Waals surface area contributed by atoms with E-state index in [1.165, 1.54) is 0 Å². The topological polar surface area (TPSA) is 87.7 Å². The summed E-state index contributed by atoms with van der Waals surface area (Å²) in [7, 11) is 0. The van der Waals surface area contributed by atoms with Crippen LogP contribution in [0, 0.1) is 5.41 Å².